The van der Waals surface area contributed by atoms with Gasteiger partial charge in [0.1, 0.15) is 4.88 Å². The molecule has 0 bridgehead atoms. The first kappa shape index (κ1) is 23.8. The number of nitrogens with zero attached hydrogens (tertiary/aromatic N) is 2. The number of thiophene rings is 1. The number of para-hydroxylation sites is 2. The maximum atomic E-state index is 12.8. The second kappa shape index (κ2) is 10.3. The van der Waals surface area contributed by atoms with Crippen molar-refractivity contribution in [3.05, 3.63) is 57.4 Å². The molecule has 0 unspecified atom stereocenters. The van der Waals surface area contributed by atoms with Gasteiger partial charge >= 0.3 is 0 Å². The van der Waals surface area contributed by atoms with Gasteiger partial charge in [0.05, 0.1) is 16.4 Å². The number of nitrogens with one attached hydrogen (secondary N) is 2. The molecule has 0 saturated carbocycles. The van der Waals surface area contributed by atoms with Crippen molar-refractivity contribution in [3.63, 3.8) is 0 Å². The lowest BCUT2D eigenvalue weighted by molar-refractivity contribution is -0.131. The lowest BCUT2D eigenvalue weighted by atomic mass is 10.2. The fourth-order valence-corrected chi connectivity index (χ4v) is 5.66. The van der Waals surface area contributed by atoms with Crippen molar-refractivity contribution in [1.29, 1.82) is 0 Å². The number of anilines is 2. The van der Waals surface area contributed by atoms with E-state index in [1.54, 1.807) is 18.2 Å². The Morgan fingerprint density at radius 1 is 1.09 bits per heavy atom. The highest BCUT2D eigenvalue weighted by Crippen LogP contribution is 2.36. The SMILES string of the molecule is CCC(=O)N1CCN(c2ccccc2NC(=S)NC(=O)c2sc3cc(Cl)ccc3c2Cl)CC1. The molecule has 172 valence electrons. The van der Waals surface area contributed by atoms with E-state index in [-0.39, 0.29) is 16.9 Å². The predicted octanol–water partition coefficient (Wildman–Crippen LogP) is 5.39. The average Bonchev–Trinajstić information content (AvgIpc) is 3.14. The number of hydrogen-bond donors (Lipinski definition) is 2. The van der Waals surface area contributed by atoms with Crippen LogP contribution in [0, 0.1) is 0 Å². The summed E-state index contributed by atoms with van der Waals surface area (Å²) in [6, 6.07) is 13.1. The van der Waals surface area contributed by atoms with E-state index in [2.05, 4.69) is 15.5 Å². The molecule has 2 amide bonds. The molecule has 1 aromatic heterocycles. The van der Waals surface area contributed by atoms with Gasteiger partial charge in [-0.25, -0.2) is 0 Å². The van der Waals surface area contributed by atoms with Crippen molar-refractivity contribution in [1.82, 2.24) is 10.2 Å². The molecule has 1 aliphatic rings. The lowest BCUT2D eigenvalue weighted by Crippen LogP contribution is -2.48. The summed E-state index contributed by atoms with van der Waals surface area (Å²) in [7, 11) is 0. The number of carbonyl (C=O) groups excluding carboxylic acids is 2. The number of piperazine rings is 1. The zero-order valence-corrected chi connectivity index (χ0v) is 21.0. The third kappa shape index (κ3) is 5.24. The molecule has 0 spiro atoms. The highest BCUT2D eigenvalue weighted by atomic mass is 35.5. The smallest absolute Gasteiger partial charge is 0.269 e. The highest BCUT2D eigenvalue weighted by Gasteiger charge is 2.22. The summed E-state index contributed by atoms with van der Waals surface area (Å²) in [6.45, 7) is 4.69. The average molecular weight is 521 g/mol. The summed E-state index contributed by atoms with van der Waals surface area (Å²) in [5.41, 5.74) is 1.75. The normalized spacial score (nSPS) is 13.8. The quantitative estimate of drug-likeness (QED) is 0.451. The molecule has 3 aromatic rings. The van der Waals surface area contributed by atoms with Crippen LogP contribution in [0.3, 0.4) is 0 Å². The van der Waals surface area contributed by atoms with Crippen LogP contribution in [-0.2, 0) is 4.79 Å². The van der Waals surface area contributed by atoms with E-state index in [0.717, 1.165) is 34.6 Å². The van der Waals surface area contributed by atoms with Crippen LogP contribution in [0.15, 0.2) is 42.5 Å². The van der Waals surface area contributed by atoms with Crippen molar-refractivity contribution in [3.8, 4) is 0 Å². The van der Waals surface area contributed by atoms with E-state index in [1.807, 2.05) is 36.1 Å². The van der Waals surface area contributed by atoms with Crippen molar-refractivity contribution < 1.29 is 9.59 Å². The molecular weight excluding hydrogens is 499 g/mol. The molecule has 0 radical (unpaired) electrons. The Morgan fingerprint density at radius 3 is 2.55 bits per heavy atom. The predicted molar refractivity (Wildman–Crippen MR) is 141 cm³/mol. The van der Waals surface area contributed by atoms with Crippen LogP contribution < -0.4 is 15.5 Å². The van der Waals surface area contributed by atoms with Crippen LogP contribution in [0.25, 0.3) is 10.1 Å². The van der Waals surface area contributed by atoms with Crippen LogP contribution in [0.1, 0.15) is 23.0 Å². The molecule has 0 aliphatic carbocycles. The zero-order valence-electron chi connectivity index (χ0n) is 17.9. The summed E-state index contributed by atoms with van der Waals surface area (Å²) in [5.74, 6) is -0.203. The van der Waals surface area contributed by atoms with Gasteiger partial charge in [-0.05, 0) is 36.5 Å². The number of hydrogen-bond acceptors (Lipinski definition) is 5. The Labute approximate surface area is 211 Å². The van der Waals surface area contributed by atoms with Crippen molar-refractivity contribution >= 4 is 85.1 Å². The lowest BCUT2D eigenvalue weighted by Gasteiger charge is -2.37. The number of carbonyl (C=O) groups is 2. The van der Waals surface area contributed by atoms with Crippen molar-refractivity contribution in [2.75, 3.05) is 36.4 Å². The number of halogens is 2. The second-order valence-corrected chi connectivity index (χ2v) is 9.81. The van der Waals surface area contributed by atoms with Gasteiger partial charge in [0.25, 0.3) is 5.91 Å². The van der Waals surface area contributed by atoms with Crippen molar-refractivity contribution in [2.24, 2.45) is 0 Å². The van der Waals surface area contributed by atoms with Crippen LogP contribution in [-0.4, -0.2) is 48.0 Å². The first-order valence-electron chi connectivity index (χ1n) is 10.5. The first-order chi connectivity index (χ1) is 15.9. The van der Waals surface area contributed by atoms with E-state index in [9.17, 15) is 9.59 Å². The zero-order chi connectivity index (χ0) is 23.5. The van der Waals surface area contributed by atoms with E-state index < -0.39 is 0 Å². The number of amides is 2. The molecule has 33 heavy (non-hydrogen) atoms. The van der Waals surface area contributed by atoms with E-state index >= 15 is 0 Å². The fraction of sp³-hybridized carbons (Fsp3) is 0.261. The van der Waals surface area contributed by atoms with Crippen LogP contribution in [0.5, 0.6) is 0 Å². The molecule has 10 heteroatoms. The topological polar surface area (TPSA) is 64.7 Å². The minimum Gasteiger partial charge on any atom is -0.366 e. The minimum absolute atomic E-state index is 0.173. The molecule has 1 fully saturated rings. The summed E-state index contributed by atoms with van der Waals surface area (Å²) < 4.78 is 0.836. The summed E-state index contributed by atoms with van der Waals surface area (Å²) in [6.07, 6.45) is 0.517. The van der Waals surface area contributed by atoms with Gasteiger partial charge in [0.15, 0.2) is 5.11 Å². The summed E-state index contributed by atoms with van der Waals surface area (Å²) >= 11 is 19.2. The molecule has 2 aromatic carbocycles. The van der Waals surface area contributed by atoms with Gasteiger partial charge in [0.2, 0.25) is 5.91 Å². The maximum Gasteiger partial charge on any atom is 0.269 e. The Kier molecular flexibility index (Phi) is 7.38. The third-order valence-corrected chi connectivity index (χ3v) is 7.55. The Hall–Kier alpha value is -2.39. The molecule has 2 N–H and O–H groups in total. The van der Waals surface area contributed by atoms with Crippen LogP contribution in [0.4, 0.5) is 11.4 Å². The fourth-order valence-electron chi connectivity index (χ4n) is 3.77. The molecule has 1 aliphatic heterocycles. The van der Waals surface area contributed by atoms with E-state index in [0.29, 0.717) is 34.4 Å². The minimum atomic E-state index is -0.376. The monoisotopic (exact) mass is 520 g/mol. The Morgan fingerprint density at radius 2 is 1.82 bits per heavy atom. The number of rotatable bonds is 4. The highest BCUT2D eigenvalue weighted by molar-refractivity contribution is 7.80. The number of benzene rings is 2. The molecular formula is C23H22Cl2N4O2S2. The second-order valence-electron chi connectivity index (χ2n) is 7.53. The van der Waals surface area contributed by atoms with Gasteiger partial charge in [0, 0.05) is 47.7 Å². The standard InChI is InChI=1S/C23H22Cl2N4O2S2/c1-2-19(30)29-11-9-28(10-12-29)17-6-4-3-5-16(17)26-23(32)27-22(31)21-20(25)15-8-7-14(24)13-18(15)33-21/h3-8,13H,2,9-12H2,1H3,(H2,26,27,31,32). The van der Waals surface area contributed by atoms with Gasteiger partial charge in [-0.15, -0.1) is 11.3 Å². The maximum absolute atomic E-state index is 12.8. The molecule has 2 heterocycles. The molecule has 6 nitrogen and oxygen atoms in total. The van der Waals surface area contributed by atoms with E-state index in [1.165, 1.54) is 11.3 Å². The van der Waals surface area contributed by atoms with Gasteiger partial charge in [-0.2, -0.15) is 0 Å². The first-order valence-corrected chi connectivity index (χ1v) is 12.5. The van der Waals surface area contributed by atoms with Gasteiger partial charge in [-0.1, -0.05) is 48.3 Å². The molecule has 1 saturated heterocycles. The van der Waals surface area contributed by atoms with Gasteiger partial charge < -0.3 is 15.1 Å². The summed E-state index contributed by atoms with van der Waals surface area (Å²) in [4.78, 5) is 29.3. The van der Waals surface area contributed by atoms with Gasteiger partial charge in [-0.3, -0.25) is 14.9 Å². The summed E-state index contributed by atoms with van der Waals surface area (Å²) in [5, 5.41) is 7.78. The Bertz CT molecular complexity index is 1220. The Balaban J connectivity index is 1.44. The molecule has 4 rings (SSSR count). The van der Waals surface area contributed by atoms with E-state index in [4.69, 9.17) is 35.4 Å². The van der Waals surface area contributed by atoms with Crippen molar-refractivity contribution in [2.45, 2.75) is 13.3 Å². The van der Waals surface area contributed by atoms with Crippen LogP contribution >= 0.6 is 46.8 Å². The third-order valence-electron chi connectivity index (χ3n) is 5.45. The van der Waals surface area contributed by atoms with Crippen LogP contribution in [0.2, 0.25) is 10.0 Å². The number of thiocarbonyl (C=S) groups is 1. The number of fused-ring (bicyclic) bond motifs is 1. The largest absolute Gasteiger partial charge is 0.366 e. The molecule has 0 atom stereocenters.